The number of amides is 3. The molecule has 1 atom stereocenters. The first kappa shape index (κ1) is 14.5. The number of imide groups is 1. The molecular formula is C13H14BrN3O3. The zero-order valence-corrected chi connectivity index (χ0v) is 12.4. The number of rotatable bonds is 2. The summed E-state index contributed by atoms with van der Waals surface area (Å²) in [7, 11) is 1.42. The Labute approximate surface area is 124 Å². The van der Waals surface area contributed by atoms with Crippen LogP contribution in [0.1, 0.15) is 23.2 Å². The van der Waals surface area contributed by atoms with Crippen LogP contribution in [0.25, 0.3) is 0 Å². The molecule has 20 heavy (non-hydrogen) atoms. The van der Waals surface area contributed by atoms with Crippen LogP contribution in [0.3, 0.4) is 0 Å². The van der Waals surface area contributed by atoms with Crippen molar-refractivity contribution in [3.8, 4) is 0 Å². The molecule has 1 saturated heterocycles. The van der Waals surface area contributed by atoms with Gasteiger partial charge in [-0.15, -0.1) is 0 Å². The lowest BCUT2D eigenvalue weighted by atomic mass is 10.0. The Kier molecular flexibility index (Phi) is 4.08. The van der Waals surface area contributed by atoms with E-state index in [-0.39, 0.29) is 24.1 Å². The maximum Gasteiger partial charge on any atom is 0.251 e. The molecule has 7 heteroatoms. The number of hydrogen-bond acceptors (Lipinski definition) is 4. The molecule has 1 aliphatic heterocycles. The molecule has 0 bridgehead atoms. The highest BCUT2D eigenvalue weighted by molar-refractivity contribution is 9.10. The van der Waals surface area contributed by atoms with Gasteiger partial charge in [-0.1, -0.05) is 0 Å². The number of nitrogen functional groups attached to an aromatic ring is 1. The van der Waals surface area contributed by atoms with Gasteiger partial charge in [-0.05, 0) is 40.5 Å². The second kappa shape index (κ2) is 5.62. The highest BCUT2D eigenvalue weighted by Crippen LogP contribution is 2.20. The fourth-order valence-corrected chi connectivity index (χ4v) is 2.34. The van der Waals surface area contributed by atoms with Crippen LogP contribution in [0.5, 0.6) is 0 Å². The third-order valence-electron chi connectivity index (χ3n) is 3.22. The van der Waals surface area contributed by atoms with E-state index >= 15 is 0 Å². The molecule has 1 aliphatic rings. The lowest BCUT2D eigenvalue weighted by molar-refractivity contribution is -0.147. The first-order valence-electron chi connectivity index (χ1n) is 6.06. The third kappa shape index (κ3) is 2.82. The Morgan fingerprint density at radius 2 is 2.15 bits per heavy atom. The molecule has 0 saturated carbocycles. The van der Waals surface area contributed by atoms with E-state index < -0.39 is 6.04 Å². The van der Waals surface area contributed by atoms with Gasteiger partial charge in [0.2, 0.25) is 5.91 Å². The van der Waals surface area contributed by atoms with Crippen LogP contribution >= 0.6 is 15.9 Å². The van der Waals surface area contributed by atoms with Crippen LogP contribution in [0.2, 0.25) is 0 Å². The van der Waals surface area contributed by atoms with Crippen LogP contribution in [-0.2, 0) is 9.59 Å². The smallest absolute Gasteiger partial charge is 0.251 e. The molecule has 1 fully saturated rings. The number of nitrogens with two attached hydrogens (primary N) is 1. The summed E-state index contributed by atoms with van der Waals surface area (Å²) in [5.41, 5.74) is 6.58. The minimum atomic E-state index is -0.665. The van der Waals surface area contributed by atoms with Gasteiger partial charge in [0, 0.05) is 29.2 Å². The van der Waals surface area contributed by atoms with Gasteiger partial charge in [0.05, 0.1) is 0 Å². The van der Waals surface area contributed by atoms with Crippen LogP contribution in [0.15, 0.2) is 22.7 Å². The molecule has 1 aromatic carbocycles. The summed E-state index contributed by atoms with van der Waals surface area (Å²) in [5.74, 6) is -0.980. The zero-order chi connectivity index (χ0) is 14.9. The normalized spacial score (nSPS) is 19.1. The number of likely N-dealkylation sites (tertiary alicyclic amines) is 1. The summed E-state index contributed by atoms with van der Waals surface area (Å²) in [6, 6.07) is 4.11. The average molecular weight is 340 g/mol. The Morgan fingerprint density at radius 1 is 1.45 bits per heavy atom. The molecule has 0 aliphatic carbocycles. The second-order valence-corrected chi connectivity index (χ2v) is 5.45. The van der Waals surface area contributed by atoms with Crippen molar-refractivity contribution >= 4 is 39.3 Å². The molecular weight excluding hydrogens is 326 g/mol. The first-order valence-corrected chi connectivity index (χ1v) is 6.85. The number of nitrogens with one attached hydrogen (secondary N) is 1. The predicted octanol–water partition coefficient (Wildman–Crippen LogP) is 0.908. The minimum absolute atomic E-state index is 0.226. The van der Waals surface area contributed by atoms with E-state index in [0.29, 0.717) is 22.1 Å². The summed E-state index contributed by atoms with van der Waals surface area (Å²) in [6.45, 7) is 0. The summed E-state index contributed by atoms with van der Waals surface area (Å²) < 4.78 is 0.618. The van der Waals surface area contributed by atoms with E-state index in [9.17, 15) is 14.4 Å². The molecule has 1 heterocycles. The molecule has 3 amide bonds. The molecule has 0 radical (unpaired) electrons. The van der Waals surface area contributed by atoms with Crippen molar-refractivity contribution in [1.29, 1.82) is 0 Å². The van der Waals surface area contributed by atoms with Crippen molar-refractivity contribution in [3.05, 3.63) is 28.2 Å². The van der Waals surface area contributed by atoms with Crippen LogP contribution < -0.4 is 11.1 Å². The number of benzene rings is 1. The summed E-state index contributed by atoms with van der Waals surface area (Å²) in [6.07, 6.45) is 0.572. The molecule has 106 valence electrons. The third-order valence-corrected chi connectivity index (χ3v) is 3.90. The molecule has 0 aromatic heterocycles. The fraction of sp³-hybridized carbons (Fsp3) is 0.308. The van der Waals surface area contributed by atoms with Crippen LogP contribution in [-0.4, -0.2) is 35.7 Å². The number of nitrogens with zero attached hydrogens (tertiary/aromatic N) is 1. The van der Waals surface area contributed by atoms with Crippen LogP contribution in [0.4, 0.5) is 5.69 Å². The van der Waals surface area contributed by atoms with Gasteiger partial charge in [-0.2, -0.15) is 0 Å². The zero-order valence-electron chi connectivity index (χ0n) is 10.9. The lowest BCUT2D eigenvalue weighted by Crippen LogP contribution is -2.52. The number of likely N-dealkylation sites (N-methyl/N-ethyl adjacent to an activating group) is 1. The number of piperidine rings is 1. The maximum atomic E-state index is 12.1. The monoisotopic (exact) mass is 339 g/mol. The van der Waals surface area contributed by atoms with Crippen molar-refractivity contribution in [1.82, 2.24) is 10.2 Å². The van der Waals surface area contributed by atoms with E-state index in [0.717, 1.165) is 4.90 Å². The van der Waals surface area contributed by atoms with E-state index in [4.69, 9.17) is 5.73 Å². The average Bonchev–Trinajstić information content (AvgIpc) is 2.42. The Balaban J connectivity index is 2.09. The first-order chi connectivity index (χ1) is 9.40. The maximum absolute atomic E-state index is 12.1. The number of hydrogen-bond donors (Lipinski definition) is 2. The quantitative estimate of drug-likeness (QED) is 0.618. The van der Waals surface area contributed by atoms with E-state index in [1.165, 1.54) is 7.05 Å². The van der Waals surface area contributed by atoms with Gasteiger partial charge in [0.15, 0.2) is 0 Å². The van der Waals surface area contributed by atoms with Crippen LogP contribution in [0, 0.1) is 0 Å². The lowest BCUT2D eigenvalue weighted by Gasteiger charge is -2.28. The van der Waals surface area contributed by atoms with Gasteiger partial charge < -0.3 is 11.1 Å². The van der Waals surface area contributed by atoms with Crippen molar-refractivity contribution in [2.45, 2.75) is 18.9 Å². The Hall–Kier alpha value is -1.89. The summed E-state index contributed by atoms with van der Waals surface area (Å²) in [4.78, 5) is 36.4. The van der Waals surface area contributed by atoms with Gasteiger partial charge in [-0.3, -0.25) is 19.3 Å². The molecule has 2 rings (SSSR count). The topological polar surface area (TPSA) is 92.5 Å². The standard InChI is InChI=1S/C13H14BrN3O3/c1-17-11(18)5-4-10(13(17)20)16-12(19)7-2-3-9(15)8(14)6-7/h2-3,6,10H,4-5,15H2,1H3,(H,16,19). The van der Waals surface area contributed by atoms with Crippen molar-refractivity contribution < 1.29 is 14.4 Å². The van der Waals surface area contributed by atoms with Gasteiger partial charge >= 0.3 is 0 Å². The molecule has 1 aromatic rings. The summed E-state index contributed by atoms with van der Waals surface area (Å²) >= 11 is 3.24. The predicted molar refractivity (Wildman–Crippen MR) is 76.8 cm³/mol. The van der Waals surface area contributed by atoms with Gasteiger partial charge in [0.1, 0.15) is 6.04 Å². The molecule has 0 spiro atoms. The van der Waals surface area contributed by atoms with Gasteiger partial charge in [0.25, 0.3) is 11.8 Å². The number of halogens is 1. The molecule has 3 N–H and O–H groups in total. The van der Waals surface area contributed by atoms with Gasteiger partial charge in [-0.25, -0.2) is 0 Å². The largest absolute Gasteiger partial charge is 0.398 e. The highest BCUT2D eigenvalue weighted by atomic mass is 79.9. The van der Waals surface area contributed by atoms with E-state index in [1.807, 2.05) is 0 Å². The SMILES string of the molecule is CN1C(=O)CCC(NC(=O)c2ccc(N)c(Br)c2)C1=O. The fourth-order valence-electron chi connectivity index (χ4n) is 1.96. The van der Waals surface area contributed by atoms with Crippen molar-refractivity contribution in [2.75, 3.05) is 12.8 Å². The Morgan fingerprint density at radius 3 is 2.80 bits per heavy atom. The number of anilines is 1. The summed E-state index contributed by atoms with van der Waals surface area (Å²) in [5, 5.41) is 2.64. The van der Waals surface area contributed by atoms with Crippen molar-refractivity contribution in [2.24, 2.45) is 0 Å². The second-order valence-electron chi connectivity index (χ2n) is 4.59. The highest BCUT2D eigenvalue weighted by Gasteiger charge is 2.32. The minimum Gasteiger partial charge on any atom is -0.398 e. The van der Waals surface area contributed by atoms with E-state index in [2.05, 4.69) is 21.2 Å². The van der Waals surface area contributed by atoms with Crippen molar-refractivity contribution in [3.63, 3.8) is 0 Å². The number of carbonyl (C=O) groups is 3. The molecule has 6 nitrogen and oxygen atoms in total. The Bertz CT molecular complexity index is 588. The van der Waals surface area contributed by atoms with E-state index in [1.54, 1.807) is 18.2 Å². The molecule has 1 unspecified atom stereocenters. The number of carbonyl (C=O) groups excluding carboxylic acids is 3.